The van der Waals surface area contributed by atoms with Crippen LogP contribution in [0.2, 0.25) is 0 Å². The first-order valence-electron chi connectivity index (χ1n) is 6.92. The van der Waals surface area contributed by atoms with E-state index in [-0.39, 0.29) is 16.7 Å². The van der Waals surface area contributed by atoms with E-state index >= 15 is 0 Å². The molecule has 2 aromatic heterocycles. The van der Waals surface area contributed by atoms with Gasteiger partial charge >= 0.3 is 0 Å². The number of aromatic amines is 2. The summed E-state index contributed by atoms with van der Waals surface area (Å²) < 4.78 is 0. The molecule has 0 bridgehead atoms. The highest BCUT2D eigenvalue weighted by atomic mass is 16.2. The van der Waals surface area contributed by atoms with Crippen LogP contribution in [0.3, 0.4) is 0 Å². The van der Waals surface area contributed by atoms with Gasteiger partial charge in [-0.05, 0) is 11.6 Å². The van der Waals surface area contributed by atoms with E-state index in [0.717, 1.165) is 5.56 Å². The number of anilines is 1. The van der Waals surface area contributed by atoms with Crippen molar-refractivity contribution in [2.75, 3.05) is 5.32 Å². The number of amides is 1. The Morgan fingerprint density at radius 2 is 1.78 bits per heavy atom. The van der Waals surface area contributed by atoms with Crippen LogP contribution in [0.5, 0.6) is 0 Å². The lowest BCUT2D eigenvalue weighted by atomic mass is 10.1. The summed E-state index contributed by atoms with van der Waals surface area (Å²) in [6.07, 6.45) is 2.87. The maximum atomic E-state index is 12.3. The molecule has 0 radical (unpaired) electrons. The van der Waals surface area contributed by atoms with Gasteiger partial charge in [-0.3, -0.25) is 14.4 Å². The topological polar surface area (TPSA) is 94.8 Å². The number of H-pyrrole nitrogens is 2. The van der Waals surface area contributed by atoms with Gasteiger partial charge in [-0.25, -0.2) is 0 Å². The largest absolute Gasteiger partial charge is 0.366 e. The molecule has 0 unspecified atom stereocenters. The number of nitrogens with one attached hydrogen (secondary N) is 3. The molecule has 6 nitrogen and oxygen atoms in total. The maximum absolute atomic E-state index is 12.3. The van der Waals surface area contributed by atoms with Crippen molar-refractivity contribution in [3.8, 4) is 11.3 Å². The van der Waals surface area contributed by atoms with Crippen LogP contribution in [-0.2, 0) is 0 Å². The van der Waals surface area contributed by atoms with Gasteiger partial charge in [-0.15, -0.1) is 0 Å². The van der Waals surface area contributed by atoms with Crippen LogP contribution in [0.25, 0.3) is 11.3 Å². The van der Waals surface area contributed by atoms with E-state index in [1.165, 1.54) is 24.5 Å². The van der Waals surface area contributed by atoms with E-state index in [0.29, 0.717) is 5.69 Å². The summed E-state index contributed by atoms with van der Waals surface area (Å²) in [6.45, 7) is 0. The molecule has 3 aromatic rings. The fourth-order valence-corrected chi connectivity index (χ4v) is 2.16. The summed E-state index contributed by atoms with van der Waals surface area (Å²) >= 11 is 0. The minimum absolute atomic E-state index is 0.124. The van der Waals surface area contributed by atoms with E-state index in [2.05, 4.69) is 15.3 Å². The van der Waals surface area contributed by atoms with Crippen molar-refractivity contribution in [3.05, 3.63) is 87.1 Å². The first-order chi connectivity index (χ1) is 11.1. The number of hydrogen-bond donors (Lipinski definition) is 3. The number of carbonyl (C=O) groups excluding carboxylic acids is 1. The van der Waals surface area contributed by atoms with Gasteiger partial charge in [-0.1, -0.05) is 30.3 Å². The van der Waals surface area contributed by atoms with Crippen molar-refractivity contribution in [2.45, 2.75) is 0 Å². The third kappa shape index (κ3) is 3.26. The van der Waals surface area contributed by atoms with Gasteiger partial charge < -0.3 is 15.3 Å². The molecule has 3 rings (SSSR count). The summed E-state index contributed by atoms with van der Waals surface area (Å²) in [6, 6.07) is 13.3. The van der Waals surface area contributed by atoms with Crippen molar-refractivity contribution in [1.82, 2.24) is 9.97 Å². The van der Waals surface area contributed by atoms with Gasteiger partial charge in [0.2, 0.25) is 11.0 Å². The zero-order valence-electron chi connectivity index (χ0n) is 12.0. The lowest BCUT2D eigenvalue weighted by molar-refractivity contribution is 0.102. The second-order valence-corrected chi connectivity index (χ2v) is 4.89. The average molecular weight is 307 g/mol. The molecule has 3 N–H and O–H groups in total. The minimum Gasteiger partial charge on any atom is -0.366 e. The second-order valence-electron chi connectivity index (χ2n) is 4.89. The fraction of sp³-hybridized carbons (Fsp3) is 0. The Kier molecular flexibility index (Phi) is 3.88. The third-order valence-corrected chi connectivity index (χ3v) is 3.26. The SMILES string of the molecule is O=C(Nc1c[nH]ccc1=O)c1cc(-c2ccccc2)[nH]c(=O)c1. The van der Waals surface area contributed by atoms with Gasteiger partial charge in [0.1, 0.15) is 5.69 Å². The van der Waals surface area contributed by atoms with E-state index in [4.69, 9.17) is 0 Å². The van der Waals surface area contributed by atoms with Crippen molar-refractivity contribution in [1.29, 1.82) is 0 Å². The molecule has 1 aromatic carbocycles. The zero-order valence-corrected chi connectivity index (χ0v) is 12.0. The molecule has 0 aliphatic carbocycles. The highest BCUT2D eigenvalue weighted by Crippen LogP contribution is 2.16. The molecule has 0 saturated carbocycles. The Bertz CT molecular complexity index is 958. The van der Waals surface area contributed by atoms with Gasteiger partial charge in [0.15, 0.2) is 0 Å². The van der Waals surface area contributed by atoms with Gasteiger partial charge in [-0.2, -0.15) is 0 Å². The van der Waals surface area contributed by atoms with Crippen molar-refractivity contribution in [2.24, 2.45) is 0 Å². The van der Waals surface area contributed by atoms with Crippen LogP contribution < -0.4 is 16.3 Å². The van der Waals surface area contributed by atoms with Gasteiger partial charge in [0, 0.05) is 35.8 Å². The van der Waals surface area contributed by atoms with E-state index < -0.39 is 11.5 Å². The van der Waals surface area contributed by atoms with E-state index in [9.17, 15) is 14.4 Å². The first kappa shape index (κ1) is 14.5. The summed E-state index contributed by atoms with van der Waals surface area (Å²) in [5, 5.41) is 2.50. The van der Waals surface area contributed by atoms with Crippen molar-refractivity contribution < 1.29 is 4.79 Å². The molecule has 0 aliphatic heterocycles. The summed E-state index contributed by atoms with van der Waals surface area (Å²) in [5.41, 5.74) is 0.917. The molecule has 0 saturated heterocycles. The van der Waals surface area contributed by atoms with Crippen molar-refractivity contribution >= 4 is 11.6 Å². The Morgan fingerprint density at radius 1 is 1.00 bits per heavy atom. The lowest BCUT2D eigenvalue weighted by Gasteiger charge is -2.06. The molecule has 0 atom stereocenters. The van der Waals surface area contributed by atoms with E-state index in [1.807, 2.05) is 30.3 Å². The predicted molar refractivity (Wildman–Crippen MR) is 87.5 cm³/mol. The molecular weight excluding hydrogens is 294 g/mol. The number of pyridine rings is 2. The highest BCUT2D eigenvalue weighted by Gasteiger charge is 2.11. The maximum Gasteiger partial charge on any atom is 0.256 e. The number of hydrogen-bond acceptors (Lipinski definition) is 3. The summed E-state index contributed by atoms with van der Waals surface area (Å²) in [5.74, 6) is -0.523. The number of carbonyl (C=O) groups is 1. The first-order valence-corrected chi connectivity index (χ1v) is 6.92. The van der Waals surface area contributed by atoms with Gasteiger partial charge in [0.25, 0.3) is 5.91 Å². The van der Waals surface area contributed by atoms with Crippen LogP contribution >= 0.6 is 0 Å². The Morgan fingerprint density at radius 3 is 2.52 bits per heavy atom. The smallest absolute Gasteiger partial charge is 0.256 e. The monoisotopic (exact) mass is 307 g/mol. The fourth-order valence-electron chi connectivity index (χ4n) is 2.16. The van der Waals surface area contributed by atoms with Crippen LogP contribution in [0.15, 0.2) is 70.5 Å². The summed E-state index contributed by atoms with van der Waals surface area (Å²) in [4.78, 5) is 41.1. The Hall–Kier alpha value is -3.41. The predicted octanol–water partition coefficient (Wildman–Crippen LogP) is 1.98. The van der Waals surface area contributed by atoms with Crippen LogP contribution in [-0.4, -0.2) is 15.9 Å². The number of aromatic nitrogens is 2. The Labute approximate surface area is 130 Å². The van der Waals surface area contributed by atoms with Crippen molar-refractivity contribution in [3.63, 3.8) is 0 Å². The van der Waals surface area contributed by atoms with Crippen LogP contribution in [0.1, 0.15) is 10.4 Å². The minimum atomic E-state index is -0.523. The second kappa shape index (κ2) is 6.15. The summed E-state index contributed by atoms with van der Waals surface area (Å²) in [7, 11) is 0. The Balaban J connectivity index is 1.96. The van der Waals surface area contributed by atoms with Crippen LogP contribution in [0, 0.1) is 0 Å². The molecule has 2 heterocycles. The standard InChI is InChI=1S/C17H13N3O3/c21-15-6-7-18-10-14(15)20-17(23)12-8-13(19-16(22)9-12)11-4-2-1-3-5-11/h1-10H,(H,18,21)(H,19,22)(H,20,23). The molecule has 114 valence electrons. The van der Waals surface area contributed by atoms with Crippen LogP contribution in [0.4, 0.5) is 5.69 Å². The van der Waals surface area contributed by atoms with Gasteiger partial charge in [0.05, 0.1) is 0 Å². The molecule has 6 heteroatoms. The molecule has 0 aliphatic rings. The lowest BCUT2D eigenvalue weighted by Crippen LogP contribution is -2.20. The molecule has 23 heavy (non-hydrogen) atoms. The molecule has 0 fully saturated rings. The molecular formula is C17H13N3O3. The highest BCUT2D eigenvalue weighted by molar-refractivity contribution is 6.04. The zero-order chi connectivity index (χ0) is 16.2. The van der Waals surface area contributed by atoms with E-state index in [1.54, 1.807) is 6.07 Å². The number of rotatable bonds is 3. The average Bonchev–Trinajstić information content (AvgIpc) is 2.57. The normalized spacial score (nSPS) is 10.3. The third-order valence-electron chi connectivity index (χ3n) is 3.26. The molecule has 0 spiro atoms. The quantitative estimate of drug-likeness (QED) is 0.690. The molecule has 1 amide bonds. The number of benzene rings is 1.